The van der Waals surface area contributed by atoms with Gasteiger partial charge in [-0.25, -0.2) is 8.78 Å². The molecule has 2 heterocycles. The van der Waals surface area contributed by atoms with E-state index in [1.54, 1.807) is 36.6 Å². The molecule has 1 aromatic heterocycles. The third kappa shape index (κ3) is 2.87. The van der Waals surface area contributed by atoms with Gasteiger partial charge in [0.1, 0.15) is 17.4 Å². The molecule has 0 spiro atoms. The first-order valence-corrected chi connectivity index (χ1v) is 7.98. The topological polar surface area (TPSA) is 78.4 Å². The lowest BCUT2D eigenvalue weighted by Gasteiger charge is -2.10. The van der Waals surface area contributed by atoms with Gasteiger partial charge in [-0.2, -0.15) is 5.26 Å². The number of rotatable bonds is 3. The number of carbonyl (C=O) groups excluding carboxylic acids is 1. The number of hydrogen-bond acceptors (Lipinski definition) is 4. The molecule has 5 nitrogen and oxygen atoms in total. The number of hydrogen-bond donors (Lipinski definition) is 1. The Labute approximate surface area is 152 Å². The Balaban J connectivity index is 1.66. The van der Waals surface area contributed by atoms with Crippen molar-refractivity contribution in [2.75, 3.05) is 5.32 Å². The molecule has 0 saturated carbocycles. The first-order valence-electron chi connectivity index (χ1n) is 7.98. The zero-order valence-electron chi connectivity index (χ0n) is 13.8. The van der Waals surface area contributed by atoms with Gasteiger partial charge >= 0.3 is 0 Å². The van der Waals surface area contributed by atoms with Crippen LogP contribution in [0.3, 0.4) is 0 Å². The normalized spacial score (nSPS) is 12.3. The summed E-state index contributed by atoms with van der Waals surface area (Å²) in [5.74, 6) is -3.19. The van der Waals surface area contributed by atoms with Crippen molar-refractivity contribution in [1.29, 1.82) is 5.26 Å². The van der Waals surface area contributed by atoms with E-state index in [0.29, 0.717) is 12.2 Å². The molecule has 27 heavy (non-hydrogen) atoms. The van der Waals surface area contributed by atoms with E-state index >= 15 is 0 Å². The van der Waals surface area contributed by atoms with Crippen molar-refractivity contribution in [3.05, 3.63) is 88.4 Å². The van der Waals surface area contributed by atoms with E-state index < -0.39 is 28.7 Å². The Morgan fingerprint density at radius 1 is 1.22 bits per heavy atom. The Kier molecular flexibility index (Phi) is 4.01. The minimum Gasteiger partial charge on any atom is -0.472 e. The van der Waals surface area contributed by atoms with E-state index in [-0.39, 0.29) is 0 Å². The molecule has 0 radical (unpaired) electrons. The molecule has 3 aromatic rings. The lowest BCUT2D eigenvalue weighted by Crippen LogP contribution is -2.17. The molecule has 0 saturated heterocycles. The number of anilines is 1. The van der Waals surface area contributed by atoms with Gasteiger partial charge in [0.25, 0.3) is 5.91 Å². The highest BCUT2D eigenvalue weighted by atomic mass is 19.1. The van der Waals surface area contributed by atoms with Crippen LogP contribution in [0, 0.1) is 23.0 Å². The second-order valence-electron chi connectivity index (χ2n) is 5.90. The Bertz CT molecular complexity index is 1130. The number of fused-ring (bicyclic) bond motifs is 1. The van der Waals surface area contributed by atoms with E-state index in [2.05, 4.69) is 10.3 Å². The summed E-state index contributed by atoms with van der Waals surface area (Å²) in [7, 11) is 0. The number of nitrogens with zero attached hydrogens (tertiary/aromatic N) is 2. The largest absolute Gasteiger partial charge is 0.472 e. The highest BCUT2D eigenvalue weighted by Crippen LogP contribution is 2.27. The number of carbonyl (C=O) groups is 1. The van der Waals surface area contributed by atoms with Gasteiger partial charge in [0.05, 0.1) is 30.3 Å². The van der Waals surface area contributed by atoms with Crippen LogP contribution in [0.4, 0.5) is 14.5 Å². The number of amides is 1. The van der Waals surface area contributed by atoms with Gasteiger partial charge in [0, 0.05) is 16.8 Å². The predicted molar refractivity (Wildman–Crippen MR) is 93.5 cm³/mol. The second kappa shape index (κ2) is 6.50. The lowest BCUT2D eigenvalue weighted by molar-refractivity contribution is 0.101. The summed E-state index contributed by atoms with van der Waals surface area (Å²) in [6.45, 7) is 0.498. The quantitative estimate of drug-likeness (QED) is 0.763. The number of benzene rings is 2. The number of furan rings is 1. The van der Waals surface area contributed by atoms with Gasteiger partial charge < -0.3 is 9.73 Å². The van der Waals surface area contributed by atoms with E-state index in [1.165, 1.54) is 6.26 Å². The third-order valence-electron chi connectivity index (χ3n) is 4.26. The molecule has 132 valence electrons. The highest BCUT2D eigenvalue weighted by molar-refractivity contribution is 6.15. The van der Waals surface area contributed by atoms with Gasteiger partial charge in [-0.1, -0.05) is 6.07 Å². The fraction of sp³-hybridized carbons (Fsp3) is 0.0500. The lowest BCUT2D eigenvalue weighted by atomic mass is 10.0. The molecule has 0 aliphatic carbocycles. The Hall–Kier alpha value is -3.79. The Morgan fingerprint density at radius 3 is 2.81 bits per heavy atom. The first kappa shape index (κ1) is 16.7. The molecular weight excluding hydrogens is 352 g/mol. The van der Waals surface area contributed by atoms with Crippen molar-refractivity contribution >= 4 is 17.3 Å². The third-order valence-corrected chi connectivity index (χ3v) is 4.26. The SMILES string of the molecule is N#Cc1ccc(F)c(C(=O)Nc2ccc3c(c2)C(c2ccoc2)=NC3)c1F. The first-order chi connectivity index (χ1) is 13.1. The van der Waals surface area contributed by atoms with E-state index in [9.17, 15) is 13.6 Å². The van der Waals surface area contributed by atoms with Crippen LogP contribution in [0.15, 0.2) is 58.3 Å². The molecule has 0 unspecified atom stereocenters. The zero-order valence-corrected chi connectivity index (χ0v) is 13.8. The molecular formula is C20H11F2N3O2. The summed E-state index contributed by atoms with van der Waals surface area (Å²) in [4.78, 5) is 16.9. The maximum absolute atomic E-state index is 14.2. The number of aliphatic imine (C=N–C) groups is 1. The molecule has 1 aliphatic rings. The highest BCUT2D eigenvalue weighted by Gasteiger charge is 2.22. The van der Waals surface area contributed by atoms with Gasteiger partial charge in [-0.05, 0) is 35.9 Å². The second-order valence-corrected chi connectivity index (χ2v) is 5.90. The monoisotopic (exact) mass is 363 g/mol. The van der Waals surface area contributed by atoms with Crippen molar-refractivity contribution in [1.82, 2.24) is 0 Å². The van der Waals surface area contributed by atoms with E-state index in [1.807, 2.05) is 0 Å². The van der Waals surface area contributed by atoms with Crippen molar-refractivity contribution in [3.8, 4) is 6.07 Å². The minimum absolute atomic E-state index is 0.359. The van der Waals surface area contributed by atoms with Crippen molar-refractivity contribution in [2.45, 2.75) is 6.54 Å². The molecule has 2 aromatic carbocycles. The Morgan fingerprint density at radius 2 is 2.07 bits per heavy atom. The fourth-order valence-corrected chi connectivity index (χ4v) is 2.95. The van der Waals surface area contributed by atoms with Crippen LogP contribution >= 0.6 is 0 Å². The van der Waals surface area contributed by atoms with E-state index in [4.69, 9.17) is 9.68 Å². The summed E-state index contributed by atoms with van der Waals surface area (Å²) in [6.07, 6.45) is 3.10. The van der Waals surface area contributed by atoms with Crippen LogP contribution in [0.1, 0.15) is 32.6 Å². The van der Waals surface area contributed by atoms with Crippen molar-refractivity contribution in [2.24, 2.45) is 4.99 Å². The van der Waals surface area contributed by atoms with Crippen LogP contribution in [0.25, 0.3) is 0 Å². The maximum atomic E-state index is 14.2. The maximum Gasteiger partial charge on any atom is 0.261 e. The van der Waals surface area contributed by atoms with Gasteiger partial charge in [-0.3, -0.25) is 9.79 Å². The summed E-state index contributed by atoms with van der Waals surface area (Å²) in [6, 6.07) is 10.4. The average molecular weight is 363 g/mol. The van der Waals surface area contributed by atoms with Gasteiger partial charge in [-0.15, -0.1) is 0 Å². The molecule has 1 aliphatic heterocycles. The number of nitriles is 1. The van der Waals surface area contributed by atoms with Crippen LogP contribution in [0.5, 0.6) is 0 Å². The summed E-state index contributed by atoms with van der Waals surface area (Å²) < 4.78 is 33.2. The minimum atomic E-state index is -1.18. The van der Waals surface area contributed by atoms with Crippen molar-refractivity contribution in [3.63, 3.8) is 0 Å². The summed E-state index contributed by atoms with van der Waals surface area (Å²) >= 11 is 0. The molecule has 1 N–H and O–H groups in total. The van der Waals surface area contributed by atoms with E-state index in [0.717, 1.165) is 34.5 Å². The van der Waals surface area contributed by atoms with Crippen molar-refractivity contribution < 1.29 is 18.0 Å². The smallest absolute Gasteiger partial charge is 0.261 e. The van der Waals surface area contributed by atoms with Gasteiger partial charge in [0.15, 0.2) is 5.82 Å². The van der Waals surface area contributed by atoms with Crippen LogP contribution in [-0.2, 0) is 6.54 Å². The molecule has 0 bridgehead atoms. The predicted octanol–water partition coefficient (Wildman–Crippen LogP) is 4.03. The molecule has 1 amide bonds. The fourth-order valence-electron chi connectivity index (χ4n) is 2.95. The molecule has 0 fully saturated rings. The zero-order chi connectivity index (χ0) is 19.0. The molecule has 4 rings (SSSR count). The summed E-state index contributed by atoms with van der Waals surface area (Å²) in [5, 5.41) is 11.3. The van der Waals surface area contributed by atoms with Crippen LogP contribution in [-0.4, -0.2) is 11.6 Å². The molecule has 7 heteroatoms. The van der Waals surface area contributed by atoms with Crippen LogP contribution < -0.4 is 5.32 Å². The standard InChI is InChI=1S/C20H11F2N3O2/c21-16-4-2-11(8-23)18(22)17(16)20(26)25-14-3-1-12-9-24-19(15(12)7-14)13-5-6-27-10-13/h1-7,10H,9H2,(H,25,26). The van der Waals surface area contributed by atoms with Gasteiger partial charge in [0.2, 0.25) is 0 Å². The average Bonchev–Trinajstić information content (AvgIpc) is 3.31. The number of halogens is 2. The summed E-state index contributed by atoms with van der Waals surface area (Å²) in [5.41, 5.74) is 2.46. The van der Waals surface area contributed by atoms with Crippen LogP contribution in [0.2, 0.25) is 0 Å². The number of nitrogens with one attached hydrogen (secondary N) is 1. The molecule has 0 atom stereocenters.